The highest BCUT2D eigenvalue weighted by atomic mass is 16.2. The molecule has 0 spiro atoms. The summed E-state index contributed by atoms with van der Waals surface area (Å²) in [6, 6.07) is 7.26. The molecule has 0 unspecified atom stereocenters. The standard InChI is InChI=1S/C16H21N5O3/c1-10-7-5-6-8-11(10)18-12(22)9-21-15(23)13(19(2)3)14(17)20(4)16(21)24/h5-8H,9,17H2,1-4H3,(H,18,22). The summed E-state index contributed by atoms with van der Waals surface area (Å²) in [5, 5.41) is 2.70. The van der Waals surface area contributed by atoms with Crippen LogP contribution < -0.4 is 27.2 Å². The summed E-state index contributed by atoms with van der Waals surface area (Å²) >= 11 is 0. The van der Waals surface area contributed by atoms with Crippen molar-refractivity contribution in [3.8, 4) is 0 Å². The largest absolute Gasteiger partial charge is 0.383 e. The number of amides is 1. The molecule has 0 atom stereocenters. The van der Waals surface area contributed by atoms with Crippen LogP contribution in [0.4, 0.5) is 17.2 Å². The lowest BCUT2D eigenvalue weighted by molar-refractivity contribution is -0.116. The number of anilines is 3. The smallest absolute Gasteiger partial charge is 0.332 e. The molecule has 1 amide bonds. The highest BCUT2D eigenvalue weighted by Crippen LogP contribution is 2.14. The van der Waals surface area contributed by atoms with Crippen molar-refractivity contribution >= 4 is 23.1 Å². The molecule has 0 radical (unpaired) electrons. The molecule has 2 aromatic rings. The monoisotopic (exact) mass is 331 g/mol. The van der Waals surface area contributed by atoms with Gasteiger partial charge in [0, 0.05) is 26.8 Å². The predicted molar refractivity (Wildman–Crippen MR) is 94.5 cm³/mol. The fourth-order valence-electron chi connectivity index (χ4n) is 2.37. The number of nitrogens with zero attached hydrogens (tertiary/aromatic N) is 3. The number of nitrogen functional groups attached to an aromatic ring is 1. The lowest BCUT2D eigenvalue weighted by Crippen LogP contribution is -2.44. The lowest BCUT2D eigenvalue weighted by Gasteiger charge is -2.18. The van der Waals surface area contributed by atoms with Gasteiger partial charge in [0.05, 0.1) is 0 Å². The van der Waals surface area contributed by atoms with Crippen LogP contribution in [-0.2, 0) is 18.4 Å². The second-order valence-corrected chi connectivity index (χ2v) is 5.72. The molecular formula is C16H21N5O3. The van der Waals surface area contributed by atoms with Gasteiger partial charge in [0.1, 0.15) is 18.1 Å². The van der Waals surface area contributed by atoms with Crippen LogP contribution >= 0.6 is 0 Å². The molecule has 0 aliphatic heterocycles. The third kappa shape index (κ3) is 3.17. The van der Waals surface area contributed by atoms with E-state index < -0.39 is 17.2 Å². The average molecular weight is 331 g/mol. The number of aryl methyl sites for hydroxylation is 1. The molecule has 0 saturated heterocycles. The fraction of sp³-hybridized carbons (Fsp3) is 0.312. The molecule has 0 bridgehead atoms. The van der Waals surface area contributed by atoms with Crippen LogP contribution in [0.15, 0.2) is 33.9 Å². The average Bonchev–Trinajstić information content (AvgIpc) is 2.51. The normalized spacial score (nSPS) is 10.5. The Hall–Kier alpha value is -3.03. The van der Waals surface area contributed by atoms with Gasteiger partial charge in [0.25, 0.3) is 5.56 Å². The molecule has 0 fully saturated rings. The van der Waals surface area contributed by atoms with Crippen LogP contribution in [0.2, 0.25) is 0 Å². The maximum Gasteiger partial charge on any atom is 0.332 e. The molecule has 1 aromatic carbocycles. The number of benzene rings is 1. The first-order valence-corrected chi connectivity index (χ1v) is 7.36. The van der Waals surface area contributed by atoms with Crippen LogP contribution in [0.1, 0.15) is 5.56 Å². The summed E-state index contributed by atoms with van der Waals surface area (Å²) in [6.07, 6.45) is 0. The Labute approximate surface area is 139 Å². The fourth-order valence-corrected chi connectivity index (χ4v) is 2.37. The Kier molecular flexibility index (Phi) is 4.77. The summed E-state index contributed by atoms with van der Waals surface area (Å²) in [5.41, 5.74) is 6.29. The number of carbonyl (C=O) groups excluding carboxylic acids is 1. The predicted octanol–water partition coefficient (Wildman–Crippen LogP) is 0.142. The van der Waals surface area contributed by atoms with E-state index in [1.165, 1.54) is 11.9 Å². The van der Waals surface area contributed by atoms with E-state index in [9.17, 15) is 14.4 Å². The van der Waals surface area contributed by atoms with E-state index in [-0.39, 0.29) is 18.1 Å². The van der Waals surface area contributed by atoms with E-state index in [0.717, 1.165) is 14.7 Å². The van der Waals surface area contributed by atoms with Crippen LogP contribution in [0, 0.1) is 6.92 Å². The molecule has 1 aromatic heterocycles. The number of aromatic nitrogens is 2. The Morgan fingerprint density at radius 1 is 1.25 bits per heavy atom. The van der Waals surface area contributed by atoms with Crippen LogP contribution in [0.5, 0.6) is 0 Å². The molecule has 8 nitrogen and oxygen atoms in total. The highest BCUT2D eigenvalue weighted by Gasteiger charge is 2.18. The van der Waals surface area contributed by atoms with Gasteiger partial charge in [0.2, 0.25) is 5.91 Å². The molecule has 128 valence electrons. The molecule has 0 aliphatic rings. The zero-order valence-electron chi connectivity index (χ0n) is 14.2. The second-order valence-electron chi connectivity index (χ2n) is 5.72. The van der Waals surface area contributed by atoms with Crippen molar-refractivity contribution < 1.29 is 4.79 Å². The minimum Gasteiger partial charge on any atom is -0.383 e. The van der Waals surface area contributed by atoms with Crippen molar-refractivity contribution in [2.45, 2.75) is 13.5 Å². The zero-order chi connectivity index (χ0) is 18.0. The van der Waals surface area contributed by atoms with Crippen molar-refractivity contribution in [2.75, 3.05) is 30.0 Å². The number of hydrogen-bond donors (Lipinski definition) is 2. The zero-order valence-corrected chi connectivity index (χ0v) is 14.2. The van der Waals surface area contributed by atoms with Gasteiger partial charge in [-0.05, 0) is 18.6 Å². The second kappa shape index (κ2) is 6.61. The molecule has 8 heteroatoms. The summed E-state index contributed by atoms with van der Waals surface area (Å²) in [7, 11) is 4.75. The quantitative estimate of drug-likeness (QED) is 0.830. The maximum absolute atomic E-state index is 12.5. The van der Waals surface area contributed by atoms with Gasteiger partial charge in [-0.2, -0.15) is 0 Å². The summed E-state index contributed by atoms with van der Waals surface area (Å²) in [5.74, 6) is -0.400. The molecule has 24 heavy (non-hydrogen) atoms. The SMILES string of the molecule is Cc1ccccc1NC(=O)Cn1c(=O)c(N(C)C)c(N)n(C)c1=O. The summed E-state index contributed by atoms with van der Waals surface area (Å²) in [6.45, 7) is 1.47. The number of rotatable bonds is 4. The first-order valence-electron chi connectivity index (χ1n) is 7.36. The molecule has 0 aliphatic carbocycles. The van der Waals surface area contributed by atoms with Gasteiger partial charge in [0.15, 0.2) is 0 Å². The van der Waals surface area contributed by atoms with Crippen molar-refractivity contribution in [1.82, 2.24) is 9.13 Å². The Morgan fingerprint density at radius 3 is 2.46 bits per heavy atom. The number of nitrogens with two attached hydrogens (primary N) is 1. The van der Waals surface area contributed by atoms with Gasteiger partial charge in [-0.25, -0.2) is 9.36 Å². The minimum absolute atomic E-state index is 0.0607. The first kappa shape index (κ1) is 17.3. The number of hydrogen-bond acceptors (Lipinski definition) is 5. The van der Waals surface area contributed by atoms with Crippen molar-refractivity contribution in [3.05, 3.63) is 50.7 Å². The Morgan fingerprint density at radius 2 is 1.88 bits per heavy atom. The third-order valence-electron chi connectivity index (χ3n) is 3.74. The van der Waals surface area contributed by atoms with E-state index in [0.29, 0.717) is 5.69 Å². The van der Waals surface area contributed by atoms with Crippen molar-refractivity contribution in [3.63, 3.8) is 0 Å². The molecule has 3 N–H and O–H groups in total. The number of nitrogens with one attached hydrogen (secondary N) is 1. The van der Waals surface area contributed by atoms with E-state index in [2.05, 4.69) is 5.32 Å². The van der Waals surface area contributed by atoms with Gasteiger partial charge < -0.3 is 16.0 Å². The van der Waals surface area contributed by atoms with Gasteiger partial charge >= 0.3 is 5.69 Å². The Bertz CT molecular complexity index is 896. The van der Waals surface area contributed by atoms with Gasteiger partial charge in [-0.15, -0.1) is 0 Å². The highest BCUT2D eigenvalue weighted by molar-refractivity contribution is 5.91. The number of para-hydroxylation sites is 1. The lowest BCUT2D eigenvalue weighted by atomic mass is 10.2. The third-order valence-corrected chi connectivity index (χ3v) is 3.74. The van der Waals surface area contributed by atoms with Crippen molar-refractivity contribution in [1.29, 1.82) is 0 Å². The van der Waals surface area contributed by atoms with Crippen molar-refractivity contribution in [2.24, 2.45) is 7.05 Å². The topological polar surface area (TPSA) is 102 Å². The first-order chi connectivity index (χ1) is 11.2. The van der Waals surface area contributed by atoms with Gasteiger partial charge in [-0.1, -0.05) is 18.2 Å². The minimum atomic E-state index is -0.636. The Balaban J connectivity index is 2.40. The molecule has 2 rings (SSSR count). The summed E-state index contributed by atoms with van der Waals surface area (Å²) < 4.78 is 2.02. The van der Waals surface area contributed by atoms with E-state index in [4.69, 9.17) is 5.73 Å². The maximum atomic E-state index is 12.5. The van der Waals surface area contributed by atoms with Crippen LogP contribution in [0.25, 0.3) is 0 Å². The van der Waals surface area contributed by atoms with Gasteiger partial charge in [-0.3, -0.25) is 14.2 Å². The molecule has 0 saturated carbocycles. The number of carbonyl (C=O) groups is 1. The van der Waals surface area contributed by atoms with Crippen LogP contribution in [-0.4, -0.2) is 29.1 Å². The molecule has 1 heterocycles. The van der Waals surface area contributed by atoms with E-state index >= 15 is 0 Å². The van der Waals surface area contributed by atoms with Crippen LogP contribution in [0.3, 0.4) is 0 Å². The van der Waals surface area contributed by atoms with E-state index in [1.54, 1.807) is 26.2 Å². The van der Waals surface area contributed by atoms with E-state index in [1.807, 2.05) is 19.1 Å². The molecular weight excluding hydrogens is 310 g/mol. The summed E-state index contributed by atoms with van der Waals surface area (Å²) in [4.78, 5) is 38.6.